The third-order valence-corrected chi connectivity index (χ3v) is 6.45. The minimum atomic E-state index is -0.283. The number of rotatable bonds is 8. The van der Waals surface area contributed by atoms with E-state index >= 15 is 0 Å². The smallest absolute Gasteiger partial charge is 0.250 e. The second kappa shape index (κ2) is 10.8. The quantitative estimate of drug-likeness (QED) is 0.341. The van der Waals surface area contributed by atoms with Gasteiger partial charge in [-0.2, -0.15) is 0 Å². The van der Waals surface area contributed by atoms with Crippen molar-refractivity contribution in [1.29, 1.82) is 0 Å². The van der Waals surface area contributed by atoms with E-state index in [2.05, 4.69) is 31.2 Å². The number of benzene rings is 1. The summed E-state index contributed by atoms with van der Waals surface area (Å²) in [6, 6.07) is 19.0. The maximum atomic E-state index is 12.3. The number of nitrogens with zero attached hydrogens (tertiary/aromatic N) is 4. The molecule has 0 radical (unpaired) electrons. The standard InChI is InChI=1S/C27H26N6O3S/c1-35-17-24(34)30-21-16-19(8-9-23(21)36-2)33-26(25(31-27(33)37)20-6-3-4-12-29-20)22-7-5-15-32(22)18-10-13-28-14-11-18/h3-16,25-26H,17H2,1-2H3,(H,30,34)(H,31,37)/t25-,26-/m0/s1. The van der Waals surface area contributed by atoms with E-state index in [4.69, 9.17) is 21.7 Å². The lowest BCUT2D eigenvalue weighted by atomic mass is 10.0. The lowest BCUT2D eigenvalue weighted by Gasteiger charge is -2.29. The number of thiocarbonyl (C=S) groups is 1. The summed E-state index contributed by atoms with van der Waals surface area (Å²) in [4.78, 5) is 23.1. The fourth-order valence-electron chi connectivity index (χ4n) is 4.57. The van der Waals surface area contributed by atoms with Gasteiger partial charge in [0.2, 0.25) is 5.91 Å². The van der Waals surface area contributed by atoms with Crippen molar-refractivity contribution in [3.8, 4) is 11.4 Å². The van der Waals surface area contributed by atoms with Crippen LogP contribution in [0.25, 0.3) is 5.69 Å². The minimum absolute atomic E-state index is 0.0686. The Balaban J connectivity index is 1.62. The van der Waals surface area contributed by atoms with Gasteiger partial charge < -0.3 is 29.6 Å². The highest BCUT2D eigenvalue weighted by Crippen LogP contribution is 2.43. The average Bonchev–Trinajstić information content (AvgIpc) is 3.54. The molecule has 0 bridgehead atoms. The Morgan fingerprint density at radius 2 is 1.89 bits per heavy atom. The molecule has 37 heavy (non-hydrogen) atoms. The Hall–Kier alpha value is -4.28. The van der Waals surface area contributed by atoms with Crippen LogP contribution in [0.1, 0.15) is 23.5 Å². The van der Waals surface area contributed by atoms with Crippen LogP contribution in [0.15, 0.2) is 85.5 Å². The topological polar surface area (TPSA) is 93.5 Å². The summed E-state index contributed by atoms with van der Waals surface area (Å²) in [5, 5.41) is 6.89. The molecule has 0 saturated carbocycles. The molecule has 2 atom stereocenters. The van der Waals surface area contributed by atoms with Crippen molar-refractivity contribution < 1.29 is 14.3 Å². The first kappa shape index (κ1) is 24.4. The Morgan fingerprint density at radius 1 is 1.05 bits per heavy atom. The number of carbonyl (C=O) groups is 1. The molecule has 1 aromatic carbocycles. The highest BCUT2D eigenvalue weighted by Gasteiger charge is 2.42. The summed E-state index contributed by atoms with van der Waals surface area (Å²) in [6.07, 6.45) is 7.33. The summed E-state index contributed by atoms with van der Waals surface area (Å²) in [5.41, 5.74) is 4.16. The predicted octanol–water partition coefficient (Wildman–Crippen LogP) is 4.04. The first-order valence-corrected chi connectivity index (χ1v) is 12.1. The number of carbonyl (C=O) groups excluding carboxylic acids is 1. The van der Waals surface area contributed by atoms with E-state index in [0.717, 1.165) is 22.8 Å². The van der Waals surface area contributed by atoms with Crippen LogP contribution < -0.4 is 20.3 Å². The fourth-order valence-corrected chi connectivity index (χ4v) is 4.92. The maximum absolute atomic E-state index is 12.3. The first-order valence-electron chi connectivity index (χ1n) is 11.7. The van der Waals surface area contributed by atoms with Gasteiger partial charge in [-0.1, -0.05) is 6.07 Å². The molecule has 9 nitrogen and oxygen atoms in total. The van der Waals surface area contributed by atoms with Crippen LogP contribution in [0, 0.1) is 0 Å². The van der Waals surface area contributed by atoms with Gasteiger partial charge in [0.15, 0.2) is 5.11 Å². The van der Waals surface area contributed by atoms with Gasteiger partial charge in [-0.25, -0.2) is 0 Å². The monoisotopic (exact) mass is 514 g/mol. The molecule has 1 saturated heterocycles. The third-order valence-electron chi connectivity index (χ3n) is 6.13. The highest BCUT2D eigenvalue weighted by molar-refractivity contribution is 7.80. The predicted molar refractivity (Wildman–Crippen MR) is 145 cm³/mol. The van der Waals surface area contributed by atoms with Crippen LogP contribution in [0.5, 0.6) is 5.75 Å². The molecule has 3 aromatic heterocycles. The molecule has 188 valence electrons. The van der Waals surface area contributed by atoms with E-state index in [1.54, 1.807) is 25.7 Å². The second-order valence-corrected chi connectivity index (χ2v) is 8.76. The first-order chi connectivity index (χ1) is 18.1. The van der Waals surface area contributed by atoms with E-state index < -0.39 is 0 Å². The molecular weight excluding hydrogens is 488 g/mol. The van der Waals surface area contributed by atoms with Crippen LogP contribution in [-0.4, -0.2) is 46.4 Å². The number of ether oxygens (including phenoxy) is 2. The van der Waals surface area contributed by atoms with Crippen molar-refractivity contribution in [2.45, 2.75) is 12.1 Å². The molecule has 4 aromatic rings. The molecule has 1 fully saturated rings. The summed E-state index contributed by atoms with van der Waals surface area (Å²) < 4.78 is 12.6. The maximum Gasteiger partial charge on any atom is 0.250 e. The van der Waals surface area contributed by atoms with Gasteiger partial charge >= 0.3 is 0 Å². The van der Waals surface area contributed by atoms with Crippen molar-refractivity contribution in [3.05, 3.63) is 96.8 Å². The van der Waals surface area contributed by atoms with Gasteiger partial charge in [0.1, 0.15) is 18.4 Å². The van der Waals surface area contributed by atoms with Crippen LogP contribution in [-0.2, 0) is 9.53 Å². The van der Waals surface area contributed by atoms with Crippen molar-refractivity contribution in [3.63, 3.8) is 0 Å². The number of aromatic nitrogens is 3. The zero-order valence-electron chi connectivity index (χ0n) is 20.4. The van der Waals surface area contributed by atoms with E-state index in [0.29, 0.717) is 16.5 Å². The van der Waals surface area contributed by atoms with Gasteiger partial charge in [0.05, 0.1) is 24.5 Å². The number of hydrogen-bond acceptors (Lipinski definition) is 6. The van der Waals surface area contributed by atoms with Crippen LogP contribution in [0.4, 0.5) is 11.4 Å². The van der Waals surface area contributed by atoms with Crippen molar-refractivity contribution in [1.82, 2.24) is 19.9 Å². The lowest BCUT2D eigenvalue weighted by molar-refractivity contribution is -0.119. The molecule has 4 heterocycles. The SMILES string of the molecule is COCC(=O)Nc1cc(N2C(=S)N[C@@H](c3ccccn3)[C@@H]2c2cccn2-c2ccncc2)ccc1OC. The number of anilines is 2. The fraction of sp³-hybridized carbons (Fsp3) is 0.185. The second-order valence-electron chi connectivity index (χ2n) is 8.37. The molecule has 10 heteroatoms. The van der Waals surface area contributed by atoms with Gasteiger partial charge in [-0.15, -0.1) is 0 Å². The van der Waals surface area contributed by atoms with Crippen LogP contribution in [0.2, 0.25) is 0 Å². The Bertz CT molecular complexity index is 1400. The van der Waals surface area contributed by atoms with Gasteiger partial charge in [0.25, 0.3) is 0 Å². The molecule has 0 spiro atoms. The number of amides is 1. The number of hydrogen-bond donors (Lipinski definition) is 2. The van der Waals surface area contributed by atoms with Crippen LogP contribution >= 0.6 is 12.2 Å². The van der Waals surface area contributed by atoms with Gasteiger partial charge in [0, 0.05) is 49.0 Å². The Kier molecular flexibility index (Phi) is 7.11. The zero-order chi connectivity index (χ0) is 25.8. The van der Waals surface area contributed by atoms with Gasteiger partial charge in [-0.05, 0) is 66.8 Å². The van der Waals surface area contributed by atoms with Crippen LogP contribution in [0.3, 0.4) is 0 Å². The normalized spacial score (nSPS) is 16.9. The van der Waals surface area contributed by atoms with E-state index in [1.807, 2.05) is 65.7 Å². The summed E-state index contributed by atoms with van der Waals surface area (Å²) in [5.74, 6) is 0.249. The molecule has 2 N–H and O–H groups in total. The van der Waals surface area contributed by atoms with Crippen molar-refractivity contribution in [2.24, 2.45) is 0 Å². The molecule has 1 amide bonds. The minimum Gasteiger partial charge on any atom is -0.495 e. The highest BCUT2D eigenvalue weighted by atomic mass is 32.1. The van der Waals surface area contributed by atoms with Crippen molar-refractivity contribution >= 4 is 34.6 Å². The molecule has 0 aliphatic carbocycles. The summed E-state index contributed by atoms with van der Waals surface area (Å²) in [6.45, 7) is -0.0686. The molecule has 5 rings (SSSR count). The average molecular weight is 515 g/mol. The van der Waals surface area contributed by atoms with E-state index in [-0.39, 0.29) is 24.6 Å². The van der Waals surface area contributed by atoms with Gasteiger partial charge in [-0.3, -0.25) is 14.8 Å². The summed E-state index contributed by atoms with van der Waals surface area (Å²) in [7, 11) is 3.03. The number of nitrogens with one attached hydrogen (secondary N) is 2. The molecule has 0 unspecified atom stereocenters. The Labute approximate surface area is 220 Å². The van der Waals surface area contributed by atoms with E-state index in [1.165, 1.54) is 7.11 Å². The molecule has 1 aliphatic heterocycles. The third kappa shape index (κ3) is 4.89. The number of pyridine rings is 2. The zero-order valence-corrected chi connectivity index (χ0v) is 21.2. The van der Waals surface area contributed by atoms with E-state index in [9.17, 15) is 4.79 Å². The molecular formula is C27H26N6O3S. The number of methoxy groups -OCH3 is 2. The summed E-state index contributed by atoms with van der Waals surface area (Å²) >= 11 is 5.87. The lowest BCUT2D eigenvalue weighted by Crippen LogP contribution is -2.30. The Morgan fingerprint density at radius 3 is 2.62 bits per heavy atom. The van der Waals surface area contributed by atoms with Crippen molar-refractivity contribution in [2.75, 3.05) is 31.0 Å². The molecule has 1 aliphatic rings. The largest absolute Gasteiger partial charge is 0.495 e.